The van der Waals surface area contributed by atoms with Gasteiger partial charge in [-0.15, -0.1) is 0 Å². The highest BCUT2D eigenvalue weighted by atomic mass is 35.5. The first-order chi connectivity index (χ1) is 14.5. The quantitative estimate of drug-likeness (QED) is 0.409. The molecule has 0 fully saturated rings. The van der Waals surface area contributed by atoms with Crippen LogP contribution in [0, 0.1) is 0 Å². The third kappa shape index (κ3) is 3.63. The van der Waals surface area contributed by atoms with Crippen LogP contribution < -0.4 is 10.1 Å². The van der Waals surface area contributed by atoms with E-state index in [2.05, 4.69) is 15.3 Å². The van der Waals surface area contributed by atoms with E-state index >= 15 is 0 Å². The number of aromatic amines is 1. The van der Waals surface area contributed by atoms with Gasteiger partial charge >= 0.3 is 0 Å². The molecule has 0 atom stereocenters. The third-order valence-corrected chi connectivity index (χ3v) is 5.22. The van der Waals surface area contributed by atoms with Crippen LogP contribution in [0.25, 0.3) is 11.0 Å². The van der Waals surface area contributed by atoms with Crippen LogP contribution in [0.5, 0.6) is 5.75 Å². The number of aromatic nitrogens is 2. The predicted molar refractivity (Wildman–Crippen MR) is 117 cm³/mol. The van der Waals surface area contributed by atoms with Crippen molar-refractivity contribution in [3.63, 3.8) is 0 Å². The molecule has 0 bridgehead atoms. The molecule has 2 N–H and O–H groups in total. The van der Waals surface area contributed by atoms with E-state index in [-0.39, 0.29) is 22.3 Å². The first-order valence-corrected chi connectivity index (χ1v) is 9.65. The van der Waals surface area contributed by atoms with Crippen LogP contribution in [0.2, 0.25) is 10.0 Å². The lowest BCUT2D eigenvalue weighted by molar-refractivity contribution is 0.102. The second-order valence-electron chi connectivity index (χ2n) is 6.40. The van der Waals surface area contributed by atoms with Gasteiger partial charge in [-0.1, -0.05) is 35.3 Å². The Labute approximate surface area is 181 Å². The van der Waals surface area contributed by atoms with Crippen molar-refractivity contribution in [2.75, 3.05) is 12.4 Å². The van der Waals surface area contributed by atoms with E-state index in [4.69, 9.17) is 27.9 Å². The van der Waals surface area contributed by atoms with Gasteiger partial charge in [-0.2, -0.15) is 0 Å². The molecule has 4 rings (SSSR count). The summed E-state index contributed by atoms with van der Waals surface area (Å²) in [5.41, 5.74) is 2.01. The summed E-state index contributed by atoms with van der Waals surface area (Å²) in [6.45, 7) is 0. The maximum atomic E-state index is 13.0. The number of rotatable bonds is 5. The lowest BCUT2D eigenvalue weighted by atomic mass is 10.0. The zero-order chi connectivity index (χ0) is 21.3. The van der Waals surface area contributed by atoms with Crippen LogP contribution in [0.1, 0.15) is 26.3 Å². The zero-order valence-electron chi connectivity index (χ0n) is 15.7. The third-order valence-electron chi connectivity index (χ3n) is 4.59. The number of hydrogen-bond donors (Lipinski definition) is 2. The second-order valence-corrected chi connectivity index (χ2v) is 7.21. The Kier molecular flexibility index (Phi) is 5.44. The first-order valence-electron chi connectivity index (χ1n) is 8.90. The Hall–Kier alpha value is -3.35. The van der Waals surface area contributed by atoms with Crippen LogP contribution in [-0.2, 0) is 0 Å². The number of methoxy groups -OCH3 is 1. The minimum Gasteiger partial charge on any atom is -0.496 e. The van der Waals surface area contributed by atoms with Gasteiger partial charge < -0.3 is 15.0 Å². The topological polar surface area (TPSA) is 84.1 Å². The molecule has 150 valence electrons. The summed E-state index contributed by atoms with van der Waals surface area (Å²) in [5.74, 6) is -0.196. The molecular weight excluding hydrogens is 425 g/mol. The number of ketones is 1. The average Bonchev–Trinajstić information content (AvgIpc) is 3.19. The lowest BCUT2D eigenvalue weighted by Crippen LogP contribution is -2.13. The van der Waals surface area contributed by atoms with Crippen LogP contribution in [0.3, 0.4) is 0 Å². The summed E-state index contributed by atoms with van der Waals surface area (Å²) in [6, 6.07) is 13.2. The minimum atomic E-state index is -0.350. The van der Waals surface area contributed by atoms with Crippen molar-refractivity contribution in [2.45, 2.75) is 0 Å². The molecule has 4 aromatic rings. The molecule has 2 aromatic heterocycles. The molecule has 2 heterocycles. The fraction of sp³-hybridized carbons (Fsp3) is 0.0455. The number of nitrogens with zero attached hydrogens (tertiary/aromatic N) is 1. The van der Waals surface area contributed by atoms with Crippen molar-refractivity contribution < 1.29 is 14.3 Å². The summed E-state index contributed by atoms with van der Waals surface area (Å²) >= 11 is 12.6. The normalized spacial score (nSPS) is 10.8. The molecule has 0 aliphatic heterocycles. The second kappa shape index (κ2) is 8.18. The molecule has 0 aliphatic carbocycles. The predicted octanol–water partition coefficient (Wildman–Crippen LogP) is 5.36. The smallest absolute Gasteiger partial charge is 0.259 e. The van der Waals surface area contributed by atoms with E-state index in [0.29, 0.717) is 38.6 Å². The number of pyridine rings is 1. The van der Waals surface area contributed by atoms with E-state index in [1.807, 2.05) is 0 Å². The highest BCUT2D eigenvalue weighted by Crippen LogP contribution is 2.30. The number of ether oxygens (including phenoxy) is 1. The summed E-state index contributed by atoms with van der Waals surface area (Å²) in [5, 5.41) is 3.92. The van der Waals surface area contributed by atoms with Gasteiger partial charge in [0.05, 0.1) is 28.3 Å². The van der Waals surface area contributed by atoms with Crippen molar-refractivity contribution >= 4 is 51.6 Å². The molecule has 2 aromatic carbocycles. The number of halogens is 2. The van der Waals surface area contributed by atoms with Gasteiger partial charge in [0.25, 0.3) is 5.91 Å². The van der Waals surface area contributed by atoms with Gasteiger partial charge in [0.1, 0.15) is 11.4 Å². The van der Waals surface area contributed by atoms with Gasteiger partial charge in [-0.3, -0.25) is 9.59 Å². The molecule has 0 saturated carbocycles. The molecule has 30 heavy (non-hydrogen) atoms. The van der Waals surface area contributed by atoms with E-state index in [9.17, 15) is 9.59 Å². The Morgan fingerprint density at radius 1 is 1.00 bits per heavy atom. The summed E-state index contributed by atoms with van der Waals surface area (Å²) < 4.78 is 5.21. The van der Waals surface area contributed by atoms with Gasteiger partial charge in [0.2, 0.25) is 0 Å². The Balaban J connectivity index is 1.62. The van der Waals surface area contributed by atoms with Gasteiger partial charge in [-0.25, -0.2) is 4.98 Å². The summed E-state index contributed by atoms with van der Waals surface area (Å²) in [4.78, 5) is 32.7. The van der Waals surface area contributed by atoms with Gasteiger partial charge in [0.15, 0.2) is 5.78 Å². The van der Waals surface area contributed by atoms with Crippen LogP contribution >= 0.6 is 23.2 Å². The Bertz CT molecular complexity index is 1280. The fourth-order valence-corrected chi connectivity index (χ4v) is 3.66. The molecule has 6 nitrogen and oxygen atoms in total. The number of hydrogen-bond acceptors (Lipinski definition) is 4. The molecule has 0 saturated heterocycles. The number of carbonyl (C=O) groups is 2. The SMILES string of the molecule is COc1ccccc1C(=O)Nc1ccc(C(=O)c2c[nH]c3nccc(Cl)c23)c(Cl)c1. The average molecular weight is 440 g/mol. The minimum absolute atomic E-state index is 0.201. The van der Waals surface area contributed by atoms with Crippen LogP contribution in [-0.4, -0.2) is 28.8 Å². The Morgan fingerprint density at radius 2 is 1.80 bits per heavy atom. The van der Waals surface area contributed by atoms with Crippen molar-refractivity contribution in [1.29, 1.82) is 0 Å². The van der Waals surface area contributed by atoms with Crippen molar-refractivity contribution in [1.82, 2.24) is 9.97 Å². The van der Waals surface area contributed by atoms with Gasteiger partial charge in [0, 0.05) is 29.0 Å². The zero-order valence-corrected chi connectivity index (χ0v) is 17.2. The summed E-state index contributed by atoms with van der Waals surface area (Å²) in [7, 11) is 1.50. The molecular formula is C22H15Cl2N3O3. The summed E-state index contributed by atoms with van der Waals surface area (Å²) in [6.07, 6.45) is 3.11. The standard InChI is InChI=1S/C22H15Cl2N3O3/c1-30-18-5-3-2-4-14(18)22(29)27-12-6-7-13(17(24)10-12)20(28)15-11-26-21-19(15)16(23)8-9-25-21/h2-11H,1H3,(H,25,26)(H,27,29). The molecule has 0 unspecified atom stereocenters. The molecule has 0 aliphatic rings. The number of carbonyl (C=O) groups excluding carboxylic acids is 2. The number of benzene rings is 2. The molecule has 0 spiro atoms. The molecule has 0 radical (unpaired) electrons. The van der Waals surface area contributed by atoms with E-state index < -0.39 is 0 Å². The monoisotopic (exact) mass is 439 g/mol. The van der Waals surface area contributed by atoms with E-state index in [0.717, 1.165) is 0 Å². The molecule has 8 heteroatoms. The van der Waals surface area contributed by atoms with Crippen molar-refractivity contribution in [3.8, 4) is 5.75 Å². The van der Waals surface area contributed by atoms with Crippen molar-refractivity contribution in [2.24, 2.45) is 0 Å². The molecule has 1 amide bonds. The van der Waals surface area contributed by atoms with Gasteiger partial charge in [-0.05, 0) is 36.4 Å². The lowest BCUT2D eigenvalue weighted by Gasteiger charge is -2.10. The van der Waals surface area contributed by atoms with Crippen LogP contribution in [0.4, 0.5) is 5.69 Å². The first kappa shape index (κ1) is 19.9. The maximum Gasteiger partial charge on any atom is 0.259 e. The number of fused-ring (bicyclic) bond motifs is 1. The highest BCUT2D eigenvalue weighted by molar-refractivity contribution is 6.39. The Morgan fingerprint density at radius 3 is 2.57 bits per heavy atom. The highest BCUT2D eigenvalue weighted by Gasteiger charge is 2.20. The number of amides is 1. The maximum absolute atomic E-state index is 13.0. The number of H-pyrrole nitrogens is 1. The largest absolute Gasteiger partial charge is 0.496 e. The number of nitrogens with one attached hydrogen (secondary N) is 2. The van der Waals surface area contributed by atoms with E-state index in [1.165, 1.54) is 13.2 Å². The number of para-hydroxylation sites is 1. The fourth-order valence-electron chi connectivity index (χ4n) is 3.15. The number of anilines is 1. The van der Waals surface area contributed by atoms with Crippen molar-refractivity contribution in [3.05, 3.63) is 87.7 Å². The van der Waals surface area contributed by atoms with E-state index in [1.54, 1.807) is 54.9 Å². The van der Waals surface area contributed by atoms with Crippen LogP contribution in [0.15, 0.2) is 60.9 Å².